The van der Waals surface area contributed by atoms with Gasteiger partial charge in [0.2, 0.25) is 0 Å². The Morgan fingerprint density at radius 2 is 2.17 bits per heavy atom. The third-order valence-corrected chi connectivity index (χ3v) is 2.68. The van der Waals surface area contributed by atoms with Gasteiger partial charge in [-0.25, -0.2) is 19.2 Å². The number of aryl methyl sites for hydroxylation is 1. The van der Waals surface area contributed by atoms with Gasteiger partial charge in [0.05, 0.1) is 10.9 Å². The summed E-state index contributed by atoms with van der Waals surface area (Å²) in [5, 5.41) is 9.08. The molecule has 0 bridgehead atoms. The van der Waals surface area contributed by atoms with Gasteiger partial charge in [0.15, 0.2) is 5.69 Å². The first-order chi connectivity index (χ1) is 8.63. The second kappa shape index (κ2) is 5.08. The molecule has 0 atom stereocenters. The van der Waals surface area contributed by atoms with E-state index in [4.69, 9.17) is 5.11 Å². The highest BCUT2D eigenvalue weighted by Gasteiger charge is 2.16. The number of carboxylic acids is 1. The second-order valence-electron chi connectivity index (χ2n) is 4.03. The van der Waals surface area contributed by atoms with Crippen LogP contribution < -0.4 is 0 Å². The third-order valence-electron chi connectivity index (χ3n) is 2.68. The van der Waals surface area contributed by atoms with E-state index in [9.17, 15) is 9.18 Å². The van der Waals surface area contributed by atoms with Crippen LogP contribution in [0.5, 0.6) is 0 Å². The van der Waals surface area contributed by atoms with E-state index in [-0.39, 0.29) is 11.1 Å². The number of halogens is 1. The van der Waals surface area contributed by atoms with E-state index in [1.54, 1.807) is 6.07 Å². The number of fused-ring (bicyclic) bond motifs is 1. The predicted octanol–water partition coefficient (Wildman–Crippen LogP) is 2.81. The van der Waals surface area contributed by atoms with Crippen molar-refractivity contribution in [2.24, 2.45) is 0 Å². The highest BCUT2D eigenvalue weighted by molar-refractivity contribution is 6.00. The van der Waals surface area contributed by atoms with Crippen LogP contribution in [0.2, 0.25) is 0 Å². The molecule has 18 heavy (non-hydrogen) atoms. The van der Waals surface area contributed by atoms with Crippen LogP contribution in [-0.2, 0) is 6.42 Å². The van der Waals surface area contributed by atoms with Crippen molar-refractivity contribution in [3.63, 3.8) is 0 Å². The fourth-order valence-corrected chi connectivity index (χ4v) is 1.79. The van der Waals surface area contributed by atoms with E-state index in [0.717, 1.165) is 12.8 Å². The first-order valence-electron chi connectivity index (χ1n) is 5.82. The molecule has 0 amide bonds. The van der Waals surface area contributed by atoms with Crippen LogP contribution in [-0.4, -0.2) is 21.0 Å². The Bertz CT molecular complexity index is 599. The maximum atomic E-state index is 13.6. The lowest BCUT2D eigenvalue weighted by atomic mass is 10.1. The largest absolute Gasteiger partial charge is 0.476 e. The van der Waals surface area contributed by atoms with E-state index in [1.165, 1.54) is 12.1 Å². The summed E-state index contributed by atoms with van der Waals surface area (Å²) in [6.45, 7) is 2.03. The number of nitrogens with zero attached hydrogens (tertiary/aromatic N) is 2. The molecule has 0 fully saturated rings. The van der Waals surface area contributed by atoms with Gasteiger partial charge < -0.3 is 5.11 Å². The number of hydrogen-bond acceptors (Lipinski definition) is 3. The lowest BCUT2D eigenvalue weighted by molar-refractivity contribution is 0.0692. The first kappa shape index (κ1) is 12.4. The topological polar surface area (TPSA) is 63.1 Å². The molecule has 94 valence electrons. The molecule has 5 heteroatoms. The molecule has 4 nitrogen and oxygen atoms in total. The Kier molecular flexibility index (Phi) is 3.50. The van der Waals surface area contributed by atoms with E-state index < -0.39 is 11.8 Å². The molecule has 1 aromatic heterocycles. The maximum Gasteiger partial charge on any atom is 0.355 e. The summed E-state index contributed by atoms with van der Waals surface area (Å²) in [5.74, 6) is -1.38. The van der Waals surface area contributed by atoms with Gasteiger partial charge in [-0.3, -0.25) is 0 Å². The maximum absolute atomic E-state index is 13.6. The fraction of sp³-hybridized carbons (Fsp3) is 0.308. The average Bonchev–Trinajstić information content (AvgIpc) is 2.35. The number of hydrogen-bond donors (Lipinski definition) is 1. The van der Waals surface area contributed by atoms with Crippen LogP contribution in [0.1, 0.15) is 36.1 Å². The fourth-order valence-electron chi connectivity index (χ4n) is 1.79. The summed E-state index contributed by atoms with van der Waals surface area (Å²) in [7, 11) is 0. The Balaban J connectivity index is 2.63. The van der Waals surface area contributed by atoms with Gasteiger partial charge in [0.1, 0.15) is 11.6 Å². The van der Waals surface area contributed by atoms with Crippen molar-refractivity contribution >= 4 is 16.9 Å². The molecule has 0 radical (unpaired) electrons. The highest BCUT2D eigenvalue weighted by Crippen LogP contribution is 2.20. The molecule has 0 aliphatic rings. The lowest BCUT2D eigenvalue weighted by Crippen LogP contribution is -2.08. The molecule has 2 rings (SSSR count). The molecule has 0 saturated carbocycles. The number of aromatic carboxylic acids is 1. The lowest BCUT2D eigenvalue weighted by Gasteiger charge is -2.06. The van der Waals surface area contributed by atoms with E-state index in [0.29, 0.717) is 17.8 Å². The number of carbonyl (C=O) groups is 1. The van der Waals surface area contributed by atoms with Gasteiger partial charge in [-0.2, -0.15) is 0 Å². The standard InChI is InChI=1S/C13H13FN2O2/c1-2-3-7-10-15-9-6-4-5-8(14)11(9)12(16-10)13(17)18/h4-6H,2-3,7H2,1H3,(H,17,18). The summed E-state index contributed by atoms with van der Waals surface area (Å²) in [6, 6.07) is 4.33. The van der Waals surface area contributed by atoms with Crippen molar-refractivity contribution < 1.29 is 14.3 Å². The molecular weight excluding hydrogens is 235 g/mol. The molecule has 1 aromatic carbocycles. The van der Waals surface area contributed by atoms with Crippen LogP contribution in [0.3, 0.4) is 0 Å². The monoisotopic (exact) mass is 248 g/mol. The SMILES string of the molecule is CCCCc1nc(C(=O)O)c2c(F)cccc2n1. The molecule has 0 aliphatic heterocycles. The Hall–Kier alpha value is -2.04. The van der Waals surface area contributed by atoms with E-state index >= 15 is 0 Å². The minimum absolute atomic E-state index is 0.0229. The zero-order valence-corrected chi connectivity index (χ0v) is 9.98. The van der Waals surface area contributed by atoms with Crippen molar-refractivity contribution in [2.75, 3.05) is 0 Å². The second-order valence-corrected chi connectivity index (χ2v) is 4.03. The molecule has 0 spiro atoms. The van der Waals surface area contributed by atoms with Crippen LogP contribution in [0.25, 0.3) is 10.9 Å². The number of rotatable bonds is 4. The third kappa shape index (κ3) is 2.30. The summed E-state index contributed by atoms with van der Waals surface area (Å²) in [6.07, 6.45) is 2.44. The van der Waals surface area contributed by atoms with Crippen molar-refractivity contribution in [3.8, 4) is 0 Å². The van der Waals surface area contributed by atoms with Crippen molar-refractivity contribution in [2.45, 2.75) is 26.2 Å². The molecule has 0 saturated heterocycles. The van der Waals surface area contributed by atoms with Crippen LogP contribution >= 0.6 is 0 Å². The Morgan fingerprint density at radius 3 is 2.83 bits per heavy atom. The summed E-state index contributed by atoms with van der Waals surface area (Å²) in [4.78, 5) is 19.3. The molecular formula is C13H13FN2O2. The van der Waals surface area contributed by atoms with Gasteiger partial charge in [-0.05, 0) is 18.6 Å². The average molecular weight is 248 g/mol. The van der Waals surface area contributed by atoms with Crippen molar-refractivity contribution in [1.82, 2.24) is 9.97 Å². The van der Waals surface area contributed by atoms with Crippen LogP contribution in [0.4, 0.5) is 4.39 Å². The first-order valence-corrected chi connectivity index (χ1v) is 5.82. The van der Waals surface area contributed by atoms with Gasteiger partial charge in [0, 0.05) is 6.42 Å². The quantitative estimate of drug-likeness (QED) is 0.903. The zero-order valence-electron chi connectivity index (χ0n) is 9.98. The number of benzene rings is 1. The Labute approximate surface area is 103 Å². The zero-order chi connectivity index (χ0) is 13.1. The molecule has 1 heterocycles. The minimum Gasteiger partial charge on any atom is -0.476 e. The molecule has 1 N–H and O–H groups in total. The van der Waals surface area contributed by atoms with Gasteiger partial charge in [0.25, 0.3) is 0 Å². The van der Waals surface area contributed by atoms with Gasteiger partial charge in [-0.15, -0.1) is 0 Å². The van der Waals surface area contributed by atoms with Crippen molar-refractivity contribution in [1.29, 1.82) is 0 Å². The number of carboxylic acid groups (broad SMARTS) is 1. The summed E-state index contributed by atoms with van der Waals surface area (Å²) >= 11 is 0. The predicted molar refractivity (Wildman–Crippen MR) is 65.1 cm³/mol. The summed E-state index contributed by atoms with van der Waals surface area (Å²) in [5.41, 5.74) is 0.0812. The van der Waals surface area contributed by atoms with E-state index in [1.807, 2.05) is 6.92 Å². The smallest absolute Gasteiger partial charge is 0.355 e. The van der Waals surface area contributed by atoms with Gasteiger partial charge in [-0.1, -0.05) is 19.4 Å². The molecule has 2 aromatic rings. The number of aromatic nitrogens is 2. The molecule has 0 unspecified atom stereocenters. The Morgan fingerprint density at radius 1 is 1.39 bits per heavy atom. The van der Waals surface area contributed by atoms with Crippen LogP contribution in [0, 0.1) is 5.82 Å². The summed E-state index contributed by atoms with van der Waals surface area (Å²) < 4.78 is 13.6. The minimum atomic E-state index is -1.23. The van der Waals surface area contributed by atoms with E-state index in [2.05, 4.69) is 9.97 Å². The molecule has 0 aliphatic carbocycles. The normalized spacial score (nSPS) is 10.8. The van der Waals surface area contributed by atoms with Crippen LogP contribution in [0.15, 0.2) is 18.2 Å². The van der Waals surface area contributed by atoms with Crippen molar-refractivity contribution in [3.05, 3.63) is 35.5 Å². The van der Waals surface area contributed by atoms with Gasteiger partial charge >= 0.3 is 5.97 Å². The number of unbranched alkanes of at least 4 members (excludes halogenated alkanes) is 1. The highest BCUT2D eigenvalue weighted by atomic mass is 19.1.